The molecule has 0 aliphatic heterocycles. The molecule has 1 aliphatic carbocycles. The molecular formula is C15H15ClN4OS. The van der Waals surface area contributed by atoms with Crippen LogP contribution in [0.4, 0.5) is 0 Å². The Morgan fingerprint density at radius 3 is 2.59 bits per heavy atom. The van der Waals surface area contributed by atoms with Crippen LogP contribution < -0.4 is 5.73 Å². The topological polar surface area (TPSA) is 77.8 Å². The summed E-state index contributed by atoms with van der Waals surface area (Å²) in [5.74, 6) is 1.04. The Labute approximate surface area is 138 Å². The lowest BCUT2D eigenvalue weighted by Gasteiger charge is -2.34. The Bertz CT molecular complexity index is 767. The van der Waals surface area contributed by atoms with Crippen LogP contribution in [0, 0.1) is 0 Å². The Kier molecular flexibility index (Phi) is 3.99. The first-order valence-corrected chi connectivity index (χ1v) is 7.77. The lowest BCUT2D eigenvalue weighted by Crippen LogP contribution is -2.44. The predicted octanol–water partition coefficient (Wildman–Crippen LogP) is 3.62. The van der Waals surface area contributed by atoms with Crippen LogP contribution in [-0.2, 0) is 5.54 Å². The highest BCUT2D eigenvalue weighted by Gasteiger charge is 2.39. The molecule has 1 aromatic carbocycles. The summed E-state index contributed by atoms with van der Waals surface area (Å²) in [6.45, 7) is 0. The molecule has 7 heteroatoms. The third kappa shape index (κ3) is 2.54. The van der Waals surface area contributed by atoms with Crippen LogP contribution in [-0.4, -0.2) is 15.1 Å². The Morgan fingerprint density at radius 1 is 1.14 bits per heavy atom. The van der Waals surface area contributed by atoms with E-state index in [1.165, 1.54) is 0 Å². The maximum absolute atomic E-state index is 6.21. The summed E-state index contributed by atoms with van der Waals surface area (Å²) in [6.07, 6.45) is 2.95. The van der Waals surface area contributed by atoms with Gasteiger partial charge in [0.1, 0.15) is 10.7 Å². The number of hydrogen-bond acceptors (Lipinski definition) is 6. The van der Waals surface area contributed by atoms with Crippen LogP contribution in [0.5, 0.6) is 0 Å². The van der Waals surface area contributed by atoms with Crippen LogP contribution in [0.25, 0.3) is 22.2 Å². The summed E-state index contributed by atoms with van der Waals surface area (Å²) in [6, 6.07) is 10.0. The first kappa shape index (κ1) is 15.1. The predicted molar refractivity (Wildman–Crippen MR) is 87.8 cm³/mol. The van der Waals surface area contributed by atoms with Gasteiger partial charge in [0.05, 0.1) is 5.54 Å². The van der Waals surface area contributed by atoms with Crippen molar-refractivity contribution in [3.63, 3.8) is 0 Å². The van der Waals surface area contributed by atoms with Crippen molar-refractivity contribution < 1.29 is 4.52 Å². The van der Waals surface area contributed by atoms with Gasteiger partial charge in [0, 0.05) is 10.9 Å². The molecule has 0 bridgehead atoms. The molecule has 2 aromatic heterocycles. The number of aromatic nitrogens is 3. The molecule has 114 valence electrons. The number of hydrogen-bond donors (Lipinski definition) is 1. The molecule has 0 radical (unpaired) electrons. The van der Waals surface area contributed by atoms with Crippen molar-refractivity contribution in [2.45, 2.75) is 24.8 Å². The van der Waals surface area contributed by atoms with E-state index in [1.54, 1.807) is 11.3 Å². The van der Waals surface area contributed by atoms with Gasteiger partial charge in [-0.15, -0.1) is 23.7 Å². The van der Waals surface area contributed by atoms with E-state index in [9.17, 15) is 0 Å². The molecule has 22 heavy (non-hydrogen) atoms. The molecule has 0 amide bonds. The molecular weight excluding hydrogens is 320 g/mol. The minimum atomic E-state index is -0.403. The van der Waals surface area contributed by atoms with Crippen molar-refractivity contribution in [1.29, 1.82) is 0 Å². The molecule has 1 fully saturated rings. The first-order valence-electron chi connectivity index (χ1n) is 6.89. The molecule has 5 nitrogen and oxygen atoms in total. The average molecular weight is 335 g/mol. The van der Waals surface area contributed by atoms with Crippen molar-refractivity contribution >= 4 is 23.7 Å². The van der Waals surface area contributed by atoms with E-state index in [0.717, 1.165) is 29.8 Å². The SMILES string of the molecule is Cl.NC1(c2noc(-c3csc(-c4ccccc4)n3)n2)CCC1. The van der Waals surface area contributed by atoms with Crippen molar-refractivity contribution in [3.05, 3.63) is 41.5 Å². The highest BCUT2D eigenvalue weighted by Crippen LogP contribution is 2.38. The minimum absolute atomic E-state index is 0. The second-order valence-electron chi connectivity index (χ2n) is 5.34. The van der Waals surface area contributed by atoms with Gasteiger partial charge in [0.15, 0.2) is 5.82 Å². The average Bonchev–Trinajstić information content (AvgIpc) is 3.14. The normalized spacial score (nSPS) is 15.9. The number of nitrogens with two attached hydrogens (primary N) is 1. The van der Waals surface area contributed by atoms with E-state index in [2.05, 4.69) is 15.1 Å². The van der Waals surface area contributed by atoms with E-state index < -0.39 is 5.54 Å². The molecule has 2 N–H and O–H groups in total. The van der Waals surface area contributed by atoms with E-state index >= 15 is 0 Å². The Morgan fingerprint density at radius 2 is 1.91 bits per heavy atom. The van der Waals surface area contributed by atoms with Crippen LogP contribution in [0.15, 0.2) is 40.2 Å². The number of nitrogens with zero attached hydrogens (tertiary/aromatic N) is 3. The molecule has 0 saturated heterocycles. The fourth-order valence-electron chi connectivity index (χ4n) is 2.40. The van der Waals surface area contributed by atoms with Crippen LogP contribution in [0.2, 0.25) is 0 Å². The molecule has 1 saturated carbocycles. The standard InChI is InChI=1S/C15H14N4OS.ClH/c16-15(7-4-8-15)14-18-12(20-19-14)11-9-21-13(17-11)10-5-2-1-3-6-10;/h1-3,5-6,9H,4,7-8,16H2;1H. The second kappa shape index (κ2) is 5.79. The van der Waals surface area contributed by atoms with Crippen LogP contribution >= 0.6 is 23.7 Å². The van der Waals surface area contributed by atoms with Crippen LogP contribution in [0.3, 0.4) is 0 Å². The molecule has 2 heterocycles. The van der Waals surface area contributed by atoms with Gasteiger partial charge in [-0.25, -0.2) is 4.98 Å². The summed E-state index contributed by atoms with van der Waals surface area (Å²) in [5.41, 5.74) is 7.60. The zero-order valence-corrected chi connectivity index (χ0v) is 13.4. The van der Waals surface area contributed by atoms with Gasteiger partial charge in [0.25, 0.3) is 5.89 Å². The number of thiazole rings is 1. The largest absolute Gasteiger partial charge is 0.332 e. The van der Waals surface area contributed by atoms with E-state index in [0.29, 0.717) is 17.4 Å². The molecule has 4 rings (SSSR count). The van der Waals surface area contributed by atoms with E-state index in [1.807, 2.05) is 35.7 Å². The van der Waals surface area contributed by atoms with E-state index in [-0.39, 0.29) is 12.4 Å². The Hall–Kier alpha value is -1.76. The zero-order valence-electron chi connectivity index (χ0n) is 11.7. The maximum atomic E-state index is 6.21. The van der Waals surface area contributed by atoms with Gasteiger partial charge < -0.3 is 10.3 Å². The summed E-state index contributed by atoms with van der Waals surface area (Å²) in [7, 11) is 0. The molecule has 1 aliphatic rings. The highest BCUT2D eigenvalue weighted by molar-refractivity contribution is 7.13. The number of halogens is 1. The summed E-state index contributed by atoms with van der Waals surface area (Å²) >= 11 is 1.56. The van der Waals surface area contributed by atoms with Gasteiger partial charge in [-0.3, -0.25) is 0 Å². The molecule has 3 aromatic rings. The van der Waals surface area contributed by atoms with Gasteiger partial charge >= 0.3 is 0 Å². The molecule has 0 atom stereocenters. The maximum Gasteiger partial charge on any atom is 0.277 e. The fraction of sp³-hybridized carbons (Fsp3) is 0.267. The summed E-state index contributed by atoms with van der Waals surface area (Å²) in [5, 5.41) is 6.90. The van der Waals surface area contributed by atoms with Gasteiger partial charge in [-0.1, -0.05) is 35.5 Å². The smallest absolute Gasteiger partial charge is 0.277 e. The number of rotatable bonds is 3. The molecule has 0 spiro atoms. The third-order valence-corrected chi connectivity index (χ3v) is 4.75. The summed E-state index contributed by atoms with van der Waals surface area (Å²) < 4.78 is 5.33. The van der Waals surface area contributed by atoms with Crippen LogP contribution in [0.1, 0.15) is 25.1 Å². The first-order chi connectivity index (χ1) is 10.2. The fourth-order valence-corrected chi connectivity index (χ4v) is 3.20. The number of benzene rings is 1. The van der Waals surface area contributed by atoms with E-state index in [4.69, 9.17) is 10.3 Å². The van der Waals surface area contributed by atoms with Crippen molar-refractivity contribution in [1.82, 2.24) is 15.1 Å². The monoisotopic (exact) mass is 334 g/mol. The highest BCUT2D eigenvalue weighted by atomic mass is 35.5. The minimum Gasteiger partial charge on any atom is -0.332 e. The Balaban J connectivity index is 0.00000144. The lowest BCUT2D eigenvalue weighted by molar-refractivity contribution is 0.229. The van der Waals surface area contributed by atoms with Crippen molar-refractivity contribution in [2.75, 3.05) is 0 Å². The lowest BCUT2D eigenvalue weighted by atomic mass is 9.77. The second-order valence-corrected chi connectivity index (χ2v) is 6.19. The zero-order chi connectivity index (χ0) is 14.3. The van der Waals surface area contributed by atoms with Gasteiger partial charge in [-0.2, -0.15) is 4.98 Å². The molecule has 0 unspecified atom stereocenters. The van der Waals surface area contributed by atoms with Gasteiger partial charge in [0.2, 0.25) is 0 Å². The van der Waals surface area contributed by atoms with Crippen molar-refractivity contribution in [3.8, 4) is 22.2 Å². The summed E-state index contributed by atoms with van der Waals surface area (Å²) in [4.78, 5) is 8.99. The van der Waals surface area contributed by atoms with Crippen molar-refractivity contribution in [2.24, 2.45) is 5.73 Å². The van der Waals surface area contributed by atoms with Gasteiger partial charge in [-0.05, 0) is 19.3 Å². The quantitative estimate of drug-likeness (QED) is 0.791. The third-order valence-electron chi connectivity index (χ3n) is 3.86.